The third-order valence-corrected chi connectivity index (χ3v) is 8.27. The van der Waals surface area contributed by atoms with E-state index in [-0.39, 0.29) is 36.2 Å². The molecule has 0 aromatic carbocycles. The van der Waals surface area contributed by atoms with Crippen molar-refractivity contribution in [1.82, 2.24) is 0 Å². The summed E-state index contributed by atoms with van der Waals surface area (Å²) >= 11 is 0. The van der Waals surface area contributed by atoms with Crippen LogP contribution in [0.25, 0.3) is 0 Å². The number of carbonyl (C=O) groups is 3. The molecule has 0 heterocycles. The van der Waals surface area contributed by atoms with Crippen LogP contribution in [0.4, 0.5) is 0 Å². The van der Waals surface area contributed by atoms with Gasteiger partial charge < -0.3 is 23.8 Å². The van der Waals surface area contributed by atoms with Gasteiger partial charge in [-0.05, 0) is 64.2 Å². The third-order valence-electron chi connectivity index (χ3n) is 8.27. The number of quaternary nitrogens is 1. The van der Waals surface area contributed by atoms with E-state index in [1.165, 1.54) is 32.1 Å². The lowest BCUT2D eigenvalue weighted by Crippen LogP contribution is -2.50. The minimum atomic E-state index is -0.881. The maximum Gasteiger partial charge on any atom is 0.362 e. The van der Waals surface area contributed by atoms with Gasteiger partial charge in [-0.3, -0.25) is 9.59 Å². The number of esters is 2. The van der Waals surface area contributed by atoms with Gasteiger partial charge in [-0.1, -0.05) is 102 Å². The number of unbranched alkanes of at least 4 members (excludes halogenated alkanes) is 13. The summed E-state index contributed by atoms with van der Waals surface area (Å²) in [5.74, 6) is -1.50. The molecule has 0 aromatic rings. The third kappa shape index (κ3) is 29.7. The van der Waals surface area contributed by atoms with Crippen molar-refractivity contribution >= 4 is 17.9 Å². The van der Waals surface area contributed by atoms with Gasteiger partial charge in [0.1, 0.15) is 6.61 Å². The number of carbonyl (C=O) groups excluding carboxylic acids is 2. The average molecular weight is 679 g/mol. The normalized spacial score (nSPS) is 13.4. The SMILES string of the molecule is CC/C=C/C/C=C/CCCCCCCC(=O)OC(COCCC(C(=O)O)[N+](C)(C)C)COC(=O)CCCCCCC/C=C/CCCCC. The molecule has 0 amide bonds. The number of nitrogens with zero attached hydrogens (tertiary/aromatic N) is 1. The van der Waals surface area contributed by atoms with Gasteiger partial charge in [0.15, 0.2) is 12.1 Å². The minimum absolute atomic E-state index is 0.0529. The van der Waals surface area contributed by atoms with E-state index in [1.54, 1.807) is 0 Å². The fourth-order valence-electron chi connectivity index (χ4n) is 5.30. The topological polar surface area (TPSA) is 99.1 Å². The molecule has 2 atom stereocenters. The Morgan fingerprint density at radius 3 is 1.73 bits per heavy atom. The van der Waals surface area contributed by atoms with Gasteiger partial charge in [0.05, 0.1) is 34.4 Å². The second-order valence-corrected chi connectivity index (χ2v) is 13.8. The Morgan fingerprint density at radius 1 is 0.646 bits per heavy atom. The molecular weight excluding hydrogens is 606 g/mol. The van der Waals surface area contributed by atoms with Crippen LogP contribution in [-0.2, 0) is 28.6 Å². The summed E-state index contributed by atoms with van der Waals surface area (Å²) in [4.78, 5) is 36.7. The highest BCUT2D eigenvalue weighted by Crippen LogP contribution is 2.13. The highest BCUT2D eigenvalue weighted by atomic mass is 16.6. The molecule has 0 radical (unpaired) electrons. The highest BCUT2D eigenvalue weighted by molar-refractivity contribution is 5.72. The van der Waals surface area contributed by atoms with Crippen molar-refractivity contribution in [3.8, 4) is 0 Å². The van der Waals surface area contributed by atoms with Crippen molar-refractivity contribution in [2.24, 2.45) is 0 Å². The zero-order chi connectivity index (χ0) is 35.7. The number of ether oxygens (including phenoxy) is 3. The molecule has 0 aliphatic heterocycles. The molecule has 8 heteroatoms. The summed E-state index contributed by atoms with van der Waals surface area (Å²) < 4.78 is 17.2. The number of allylic oxidation sites excluding steroid dienone is 6. The predicted molar refractivity (Wildman–Crippen MR) is 197 cm³/mol. The second kappa shape index (κ2) is 31.8. The Balaban J connectivity index is 4.46. The molecule has 2 unspecified atom stereocenters. The largest absolute Gasteiger partial charge is 0.477 e. The quantitative estimate of drug-likeness (QED) is 0.0319. The van der Waals surface area contributed by atoms with Gasteiger partial charge >= 0.3 is 17.9 Å². The first-order valence-electron chi connectivity index (χ1n) is 19.0. The van der Waals surface area contributed by atoms with Crippen LogP contribution in [0.15, 0.2) is 36.5 Å². The first kappa shape index (κ1) is 45.6. The summed E-state index contributed by atoms with van der Waals surface area (Å²) in [6, 6.07) is -0.616. The maximum atomic E-state index is 12.6. The molecule has 0 fully saturated rings. The average Bonchev–Trinajstić information content (AvgIpc) is 3.03. The standard InChI is InChI=1S/C40H71NO7/c1-6-8-10-12-14-16-18-20-22-24-26-28-30-38(42)47-35-36(34-46-33-32-37(40(44)45)41(3,4)5)48-39(43)31-29-27-25-23-21-19-17-15-13-11-9-7-2/h9,11,14-17,36-37H,6-8,10,12-13,18-35H2,1-5H3/p+1/b11-9+,16-14+,17-15+. The summed E-state index contributed by atoms with van der Waals surface area (Å²) in [6.45, 7) is 4.56. The summed E-state index contributed by atoms with van der Waals surface area (Å²) in [5, 5.41) is 9.57. The van der Waals surface area contributed by atoms with Gasteiger partial charge in [-0.2, -0.15) is 0 Å². The Morgan fingerprint density at radius 2 is 1.17 bits per heavy atom. The lowest BCUT2D eigenvalue weighted by molar-refractivity contribution is -0.887. The summed E-state index contributed by atoms with van der Waals surface area (Å²) in [6.07, 6.45) is 33.3. The summed E-state index contributed by atoms with van der Waals surface area (Å²) in [7, 11) is 5.50. The van der Waals surface area contributed by atoms with Gasteiger partial charge in [-0.25, -0.2) is 4.79 Å². The van der Waals surface area contributed by atoms with E-state index in [9.17, 15) is 19.5 Å². The van der Waals surface area contributed by atoms with Crippen molar-refractivity contribution < 1.29 is 38.2 Å². The number of hydrogen-bond donors (Lipinski definition) is 1. The van der Waals surface area contributed by atoms with Crippen LogP contribution in [-0.4, -0.2) is 80.6 Å². The maximum absolute atomic E-state index is 12.6. The van der Waals surface area contributed by atoms with Gasteiger partial charge in [-0.15, -0.1) is 0 Å². The first-order valence-corrected chi connectivity index (χ1v) is 19.0. The first-order chi connectivity index (χ1) is 23.1. The fraction of sp³-hybridized carbons (Fsp3) is 0.775. The second-order valence-electron chi connectivity index (χ2n) is 13.8. The van der Waals surface area contributed by atoms with Crippen LogP contribution < -0.4 is 0 Å². The number of aliphatic carboxylic acids is 1. The zero-order valence-electron chi connectivity index (χ0n) is 31.4. The van der Waals surface area contributed by atoms with E-state index in [2.05, 4.69) is 50.3 Å². The Bertz CT molecular complexity index is 891. The molecule has 0 spiro atoms. The van der Waals surface area contributed by atoms with E-state index in [0.29, 0.717) is 19.3 Å². The Hall–Kier alpha value is -2.45. The lowest BCUT2D eigenvalue weighted by Gasteiger charge is -2.31. The number of carboxylic acids is 1. The molecule has 0 aromatic heterocycles. The minimum Gasteiger partial charge on any atom is -0.477 e. The van der Waals surface area contributed by atoms with Crippen LogP contribution in [0.3, 0.4) is 0 Å². The lowest BCUT2D eigenvalue weighted by atomic mass is 10.1. The molecule has 1 N–H and O–H groups in total. The number of hydrogen-bond acceptors (Lipinski definition) is 6. The van der Waals surface area contributed by atoms with E-state index in [0.717, 1.165) is 83.5 Å². The van der Waals surface area contributed by atoms with Crippen LogP contribution in [0, 0.1) is 0 Å². The highest BCUT2D eigenvalue weighted by Gasteiger charge is 2.31. The molecule has 0 rings (SSSR count). The molecular formula is C40H72NO7+. The van der Waals surface area contributed by atoms with Crippen LogP contribution in [0.2, 0.25) is 0 Å². The Labute approximate surface area is 293 Å². The van der Waals surface area contributed by atoms with E-state index >= 15 is 0 Å². The van der Waals surface area contributed by atoms with Gasteiger partial charge in [0, 0.05) is 19.3 Å². The fourth-order valence-corrected chi connectivity index (χ4v) is 5.30. The molecule has 0 saturated carbocycles. The van der Waals surface area contributed by atoms with Crippen molar-refractivity contribution in [3.63, 3.8) is 0 Å². The van der Waals surface area contributed by atoms with Crippen molar-refractivity contribution in [1.29, 1.82) is 0 Å². The van der Waals surface area contributed by atoms with Crippen LogP contribution >= 0.6 is 0 Å². The van der Waals surface area contributed by atoms with Crippen LogP contribution in [0.1, 0.15) is 149 Å². The van der Waals surface area contributed by atoms with Gasteiger partial charge in [0.2, 0.25) is 0 Å². The predicted octanol–water partition coefficient (Wildman–Crippen LogP) is 9.52. The summed E-state index contributed by atoms with van der Waals surface area (Å²) in [5.41, 5.74) is 0. The number of rotatable bonds is 33. The number of carboxylic acid groups (broad SMARTS) is 1. The van der Waals surface area contributed by atoms with Gasteiger partial charge in [0.25, 0.3) is 0 Å². The molecule has 0 aliphatic rings. The smallest absolute Gasteiger partial charge is 0.362 e. The molecule has 8 nitrogen and oxygen atoms in total. The van der Waals surface area contributed by atoms with E-state index in [1.807, 2.05) is 21.1 Å². The van der Waals surface area contributed by atoms with Crippen molar-refractivity contribution in [2.45, 2.75) is 161 Å². The molecule has 0 saturated heterocycles. The molecule has 278 valence electrons. The Kier molecular flexibility index (Phi) is 30.2. The molecule has 0 bridgehead atoms. The van der Waals surface area contributed by atoms with E-state index in [4.69, 9.17) is 14.2 Å². The van der Waals surface area contributed by atoms with E-state index < -0.39 is 18.1 Å². The zero-order valence-corrected chi connectivity index (χ0v) is 31.4. The molecule has 0 aliphatic carbocycles. The van der Waals surface area contributed by atoms with Crippen LogP contribution in [0.5, 0.6) is 0 Å². The molecule has 48 heavy (non-hydrogen) atoms. The van der Waals surface area contributed by atoms with Crippen molar-refractivity contribution in [3.05, 3.63) is 36.5 Å². The number of likely N-dealkylation sites (N-methyl/N-ethyl adjacent to an activating group) is 1. The van der Waals surface area contributed by atoms with Crippen molar-refractivity contribution in [2.75, 3.05) is 41.0 Å². The monoisotopic (exact) mass is 679 g/mol.